The first-order valence-electron chi connectivity index (χ1n) is 6.18. The van der Waals surface area contributed by atoms with Crippen molar-refractivity contribution in [3.63, 3.8) is 0 Å². The second-order valence-corrected chi connectivity index (χ2v) is 4.82. The molecule has 1 heterocycles. The second-order valence-electron chi connectivity index (χ2n) is 4.38. The SMILES string of the molecule is N[C@@H](CO)C(=O)Nc1ccc(Cl)cc1C(=O)c1ccc[nH]1. The van der Waals surface area contributed by atoms with Crippen LogP contribution in [-0.2, 0) is 4.79 Å². The van der Waals surface area contributed by atoms with E-state index >= 15 is 0 Å². The molecule has 0 aliphatic carbocycles. The number of hydrogen-bond donors (Lipinski definition) is 4. The zero-order chi connectivity index (χ0) is 15.4. The van der Waals surface area contributed by atoms with Gasteiger partial charge in [-0.05, 0) is 30.3 Å². The zero-order valence-corrected chi connectivity index (χ0v) is 11.7. The maximum atomic E-state index is 12.4. The minimum Gasteiger partial charge on any atom is -0.394 e. The first-order valence-corrected chi connectivity index (χ1v) is 6.55. The van der Waals surface area contributed by atoms with E-state index in [4.69, 9.17) is 22.4 Å². The average molecular weight is 308 g/mol. The van der Waals surface area contributed by atoms with Crippen molar-refractivity contribution >= 4 is 29.0 Å². The molecule has 0 saturated carbocycles. The van der Waals surface area contributed by atoms with E-state index in [1.165, 1.54) is 12.1 Å². The average Bonchev–Trinajstić information content (AvgIpc) is 3.01. The molecule has 2 rings (SSSR count). The molecule has 6 nitrogen and oxygen atoms in total. The van der Waals surface area contributed by atoms with Gasteiger partial charge in [-0.2, -0.15) is 0 Å². The zero-order valence-electron chi connectivity index (χ0n) is 11.0. The molecule has 1 atom stereocenters. The van der Waals surface area contributed by atoms with Crippen LogP contribution in [0.1, 0.15) is 16.1 Å². The van der Waals surface area contributed by atoms with Crippen molar-refractivity contribution < 1.29 is 14.7 Å². The molecule has 110 valence electrons. The number of halogens is 1. The van der Waals surface area contributed by atoms with Gasteiger partial charge in [-0.25, -0.2) is 0 Å². The van der Waals surface area contributed by atoms with E-state index in [0.29, 0.717) is 10.7 Å². The number of benzene rings is 1. The van der Waals surface area contributed by atoms with Gasteiger partial charge in [-0.15, -0.1) is 0 Å². The van der Waals surface area contributed by atoms with Crippen LogP contribution in [0, 0.1) is 0 Å². The molecule has 0 aliphatic heterocycles. The first-order chi connectivity index (χ1) is 10.0. The van der Waals surface area contributed by atoms with Gasteiger partial charge in [0.1, 0.15) is 6.04 Å². The monoisotopic (exact) mass is 307 g/mol. The number of H-pyrrole nitrogens is 1. The Kier molecular flexibility index (Phi) is 4.74. The maximum absolute atomic E-state index is 12.4. The van der Waals surface area contributed by atoms with Gasteiger partial charge in [0.05, 0.1) is 18.0 Å². The number of ketones is 1. The third kappa shape index (κ3) is 3.49. The van der Waals surface area contributed by atoms with E-state index in [1.54, 1.807) is 24.4 Å². The van der Waals surface area contributed by atoms with Crippen molar-refractivity contribution in [2.24, 2.45) is 5.73 Å². The fourth-order valence-corrected chi connectivity index (χ4v) is 1.91. The number of nitrogens with one attached hydrogen (secondary N) is 2. The van der Waals surface area contributed by atoms with Crippen molar-refractivity contribution in [2.45, 2.75) is 6.04 Å². The molecule has 1 aromatic heterocycles. The molecule has 5 N–H and O–H groups in total. The van der Waals surface area contributed by atoms with Gasteiger partial charge >= 0.3 is 0 Å². The summed E-state index contributed by atoms with van der Waals surface area (Å²) in [5.74, 6) is -0.893. The van der Waals surface area contributed by atoms with E-state index < -0.39 is 18.6 Å². The van der Waals surface area contributed by atoms with Crippen molar-refractivity contribution in [3.05, 3.63) is 52.8 Å². The van der Waals surface area contributed by atoms with Crippen LogP contribution in [0.4, 0.5) is 5.69 Å². The molecule has 7 heteroatoms. The molecule has 0 unspecified atom stereocenters. The lowest BCUT2D eigenvalue weighted by Gasteiger charge is -2.13. The molecule has 0 radical (unpaired) electrons. The maximum Gasteiger partial charge on any atom is 0.243 e. The van der Waals surface area contributed by atoms with Crippen LogP contribution in [0.15, 0.2) is 36.5 Å². The van der Waals surface area contributed by atoms with E-state index in [1.807, 2.05) is 0 Å². The minimum atomic E-state index is -1.06. The van der Waals surface area contributed by atoms with Crippen LogP contribution in [-0.4, -0.2) is 34.4 Å². The summed E-state index contributed by atoms with van der Waals surface area (Å²) >= 11 is 5.91. The van der Waals surface area contributed by atoms with Gasteiger partial charge in [0, 0.05) is 16.8 Å². The molecule has 0 bridgehead atoms. The standard InChI is InChI=1S/C14H14ClN3O3/c15-8-3-4-11(18-14(21)10(16)7-19)9(6-8)13(20)12-2-1-5-17-12/h1-6,10,17,19H,7,16H2,(H,18,21)/t10-/m0/s1. The molecule has 0 spiro atoms. The number of hydrogen-bond acceptors (Lipinski definition) is 4. The lowest BCUT2D eigenvalue weighted by Crippen LogP contribution is -2.38. The Morgan fingerprint density at radius 3 is 2.76 bits per heavy atom. The number of aliphatic hydroxyl groups excluding tert-OH is 1. The lowest BCUT2D eigenvalue weighted by atomic mass is 10.1. The van der Waals surface area contributed by atoms with Crippen LogP contribution in [0.25, 0.3) is 0 Å². The summed E-state index contributed by atoms with van der Waals surface area (Å²) in [5.41, 5.74) is 6.33. The molecule has 1 aromatic carbocycles. The van der Waals surface area contributed by atoms with Crippen LogP contribution in [0.3, 0.4) is 0 Å². The summed E-state index contributed by atoms with van der Waals surface area (Å²) in [6.07, 6.45) is 1.62. The number of carbonyl (C=O) groups is 2. The van der Waals surface area contributed by atoms with E-state index in [0.717, 1.165) is 0 Å². The number of anilines is 1. The summed E-state index contributed by atoms with van der Waals surface area (Å²) in [6.45, 7) is -0.487. The topological polar surface area (TPSA) is 108 Å². The van der Waals surface area contributed by atoms with Gasteiger partial charge in [-0.3, -0.25) is 9.59 Å². The number of nitrogens with two attached hydrogens (primary N) is 1. The summed E-state index contributed by atoms with van der Waals surface area (Å²) in [4.78, 5) is 26.9. The molecule has 0 fully saturated rings. The van der Waals surface area contributed by atoms with Crippen molar-refractivity contribution in [2.75, 3.05) is 11.9 Å². The number of aromatic nitrogens is 1. The van der Waals surface area contributed by atoms with Gasteiger partial charge < -0.3 is 21.1 Å². The van der Waals surface area contributed by atoms with Crippen LogP contribution < -0.4 is 11.1 Å². The normalized spacial score (nSPS) is 12.0. The van der Waals surface area contributed by atoms with Crippen LogP contribution >= 0.6 is 11.6 Å². The van der Waals surface area contributed by atoms with E-state index in [-0.39, 0.29) is 17.0 Å². The highest BCUT2D eigenvalue weighted by Crippen LogP contribution is 2.23. The number of rotatable bonds is 5. The molecule has 0 saturated heterocycles. The van der Waals surface area contributed by atoms with Crippen molar-refractivity contribution in [1.29, 1.82) is 0 Å². The highest BCUT2D eigenvalue weighted by molar-refractivity contribution is 6.31. The Morgan fingerprint density at radius 2 is 2.14 bits per heavy atom. The van der Waals surface area contributed by atoms with Gasteiger partial charge in [0.15, 0.2) is 0 Å². The summed E-state index contributed by atoms with van der Waals surface area (Å²) in [6, 6.07) is 6.78. The van der Waals surface area contributed by atoms with Crippen LogP contribution in [0.2, 0.25) is 5.02 Å². The lowest BCUT2D eigenvalue weighted by molar-refractivity contribution is -0.118. The third-order valence-electron chi connectivity index (χ3n) is 2.86. The summed E-state index contributed by atoms with van der Waals surface area (Å²) in [5, 5.41) is 11.8. The Balaban J connectivity index is 2.34. The van der Waals surface area contributed by atoms with Crippen molar-refractivity contribution in [3.8, 4) is 0 Å². The summed E-state index contributed by atoms with van der Waals surface area (Å²) < 4.78 is 0. The second kappa shape index (κ2) is 6.53. The Labute approximate surface area is 125 Å². The number of aliphatic hydroxyl groups is 1. The smallest absolute Gasteiger partial charge is 0.243 e. The summed E-state index contributed by atoms with van der Waals surface area (Å²) in [7, 11) is 0. The highest BCUT2D eigenvalue weighted by atomic mass is 35.5. The molecular weight excluding hydrogens is 294 g/mol. The minimum absolute atomic E-state index is 0.239. The Hall–Kier alpha value is -2.15. The number of carbonyl (C=O) groups excluding carboxylic acids is 2. The molecule has 21 heavy (non-hydrogen) atoms. The van der Waals surface area contributed by atoms with Crippen LogP contribution in [0.5, 0.6) is 0 Å². The Bertz CT molecular complexity index is 655. The Morgan fingerprint density at radius 1 is 1.38 bits per heavy atom. The molecule has 1 amide bonds. The molecular formula is C14H14ClN3O3. The third-order valence-corrected chi connectivity index (χ3v) is 3.10. The fourth-order valence-electron chi connectivity index (χ4n) is 1.74. The number of amides is 1. The quantitative estimate of drug-likeness (QED) is 0.621. The highest BCUT2D eigenvalue weighted by Gasteiger charge is 2.19. The molecule has 2 aromatic rings. The van der Waals surface area contributed by atoms with Crippen molar-refractivity contribution in [1.82, 2.24) is 4.98 Å². The van der Waals surface area contributed by atoms with Gasteiger partial charge in [0.25, 0.3) is 0 Å². The van der Waals surface area contributed by atoms with Gasteiger partial charge in [-0.1, -0.05) is 11.6 Å². The van der Waals surface area contributed by atoms with E-state index in [2.05, 4.69) is 10.3 Å². The van der Waals surface area contributed by atoms with E-state index in [9.17, 15) is 9.59 Å². The first kappa shape index (κ1) is 15.2. The largest absolute Gasteiger partial charge is 0.394 e. The number of aromatic amines is 1. The molecule has 0 aliphatic rings. The predicted molar refractivity (Wildman–Crippen MR) is 79.4 cm³/mol. The van der Waals surface area contributed by atoms with Gasteiger partial charge in [0.2, 0.25) is 11.7 Å². The fraction of sp³-hybridized carbons (Fsp3) is 0.143. The predicted octanol–water partition coefficient (Wildman–Crippen LogP) is 1.16.